The van der Waals surface area contributed by atoms with Crippen LogP contribution in [0.3, 0.4) is 0 Å². The molecule has 2 atom stereocenters. The second-order valence-electron chi connectivity index (χ2n) is 3.88. The maximum Gasteiger partial charge on any atom is 0.389 e. The molecule has 1 aromatic heterocycles. The molecule has 1 N–H and O–H groups in total. The fourth-order valence-electron chi connectivity index (χ4n) is 1.55. The summed E-state index contributed by atoms with van der Waals surface area (Å²) in [6.45, 7) is 0. The molecule has 0 radical (unpaired) electrons. The van der Waals surface area contributed by atoms with Crippen molar-refractivity contribution in [2.24, 2.45) is 0 Å². The predicted octanol–water partition coefficient (Wildman–Crippen LogP) is 1.76. The molecule has 2 rings (SSSR count). The number of nitrogens with zero attached hydrogens (tertiary/aromatic N) is 2. The minimum absolute atomic E-state index is 0.0430. The van der Waals surface area contributed by atoms with E-state index in [0.717, 1.165) is 0 Å². The van der Waals surface area contributed by atoms with Crippen LogP contribution in [0.15, 0.2) is 4.52 Å². The van der Waals surface area contributed by atoms with E-state index in [1.807, 2.05) is 0 Å². The smallest absolute Gasteiger partial charge is 0.389 e. The van der Waals surface area contributed by atoms with Gasteiger partial charge >= 0.3 is 6.18 Å². The van der Waals surface area contributed by atoms with Crippen LogP contribution in [0.1, 0.15) is 24.1 Å². The third-order valence-corrected chi connectivity index (χ3v) is 3.66. The van der Waals surface area contributed by atoms with Crippen LogP contribution in [0, 0.1) is 0 Å². The molecule has 0 aromatic carbocycles. The van der Waals surface area contributed by atoms with Crippen molar-refractivity contribution < 1.29 is 22.8 Å². The zero-order valence-electron chi connectivity index (χ0n) is 8.78. The number of aromatic nitrogens is 2. The molecular weight excluding hydrogens is 257 g/mol. The topological polar surface area (TPSA) is 59.2 Å². The van der Waals surface area contributed by atoms with E-state index in [1.165, 1.54) is 0 Å². The molecule has 1 aliphatic heterocycles. The summed E-state index contributed by atoms with van der Waals surface area (Å²) < 4.78 is 40.8. The van der Waals surface area contributed by atoms with Gasteiger partial charge < -0.3 is 9.63 Å². The summed E-state index contributed by atoms with van der Waals surface area (Å²) in [6, 6.07) is 0. The molecule has 0 bridgehead atoms. The maximum atomic E-state index is 12.0. The van der Waals surface area contributed by atoms with Crippen LogP contribution in [0.4, 0.5) is 13.2 Å². The number of aliphatic hydroxyl groups excluding tert-OH is 1. The molecule has 1 aromatic rings. The number of aliphatic hydroxyl groups is 1. The summed E-state index contributed by atoms with van der Waals surface area (Å²) in [5.74, 6) is 1.26. The quantitative estimate of drug-likeness (QED) is 0.905. The number of hydrogen-bond donors (Lipinski definition) is 1. The molecule has 0 saturated carbocycles. The molecule has 8 heteroatoms. The standard InChI is InChI=1S/C9H11F3N2O2S/c10-9(11,12)2-1-7-13-8(16-14-7)5-3-17-4-6(5)15/h5-6,15H,1-4H2. The monoisotopic (exact) mass is 268 g/mol. The van der Waals surface area contributed by atoms with Crippen LogP contribution in [0.2, 0.25) is 0 Å². The van der Waals surface area contributed by atoms with Gasteiger partial charge in [-0.15, -0.1) is 0 Å². The molecule has 1 saturated heterocycles. The second kappa shape index (κ2) is 4.85. The molecule has 17 heavy (non-hydrogen) atoms. The fraction of sp³-hybridized carbons (Fsp3) is 0.778. The number of rotatable bonds is 3. The van der Waals surface area contributed by atoms with E-state index in [-0.39, 0.29) is 24.1 Å². The van der Waals surface area contributed by atoms with Crippen LogP contribution < -0.4 is 0 Å². The maximum absolute atomic E-state index is 12.0. The van der Waals surface area contributed by atoms with Gasteiger partial charge in [-0.05, 0) is 0 Å². The Labute approximate surface area is 99.6 Å². The molecule has 0 aliphatic carbocycles. The SMILES string of the molecule is OC1CSCC1c1nc(CCC(F)(F)F)no1. The first-order chi connectivity index (χ1) is 7.96. The number of aryl methyl sites for hydroxylation is 1. The highest BCUT2D eigenvalue weighted by Crippen LogP contribution is 2.32. The van der Waals surface area contributed by atoms with Crippen LogP contribution >= 0.6 is 11.8 Å². The fourth-order valence-corrected chi connectivity index (χ4v) is 2.78. The Morgan fingerprint density at radius 1 is 1.41 bits per heavy atom. The van der Waals surface area contributed by atoms with Gasteiger partial charge in [0.2, 0.25) is 5.89 Å². The lowest BCUT2D eigenvalue weighted by Gasteiger charge is -2.06. The van der Waals surface area contributed by atoms with E-state index < -0.39 is 18.7 Å². The minimum atomic E-state index is -4.22. The van der Waals surface area contributed by atoms with Crippen molar-refractivity contribution >= 4 is 11.8 Å². The van der Waals surface area contributed by atoms with Gasteiger partial charge in [0.25, 0.3) is 0 Å². The number of alkyl halides is 3. The molecule has 1 aliphatic rings. The molecule has 1 fully saturated rings. The number of halogens is 3. The summed E-state index contributed by atoms with van der Waals surface area (Å²) in [5.41, 5.74) is 0. The minimum Gasteiger partial charge on any atom is -0.391 e. The zero-order chi connectivity index (χ0) is 12.5. The van der Waals surface area contributed by atoms with Gasteiger partial charge in [-0.1, -0.05) is 5.16 Å². The van der Waals surface area contributed by atoms with Crippen molar-refractivity contribution in [1.29, 1.82) is 0 Å². The van der Waals surface area contributed by atoms with Crippen molar-refractivity contribution in [1.82, 2.24) is 10.1 Å². The van der Waals surface area contributed by atoms with Crippen molar-refractivity contribution in [2.75, 3.05) is 11.5 Å². The second-order valence-corrected chi connectivity index (χ2v) is 4.95. The van der Waals surface area contributed by atoms with Crippen LogP contribution in [-0.4, -0.2) is 39.0 Å². The van der Waals surface area contributed by atoms with Crippen molar-refractivity contribution in [3.63, 3.8) is 0 Å². The Hall–Kier alpha value is -0.760. The van der Waals surface area contributed by atoms with E-state index in [9.17, 15) is 18.3 Å². The third-order valence-electron chi connectivity index (χ3n) is 2.48. The van der Waals surface area contributed by atoms with E-state index in [0.29, 0.717) is 11.5 Å². The molecule has 2 heterocycles. The van der Waals surface area contributed by atoms with E-state index in [4.69, 9.17) is 4.52 Å². The lowest BCUT2D eigenvalue weighted by atomic mass is 10.1. The van der Waals surface area contributed by atoms with E-state index in [2.05, 4.69) is 10.1 Å². The van der Waals surface area contributed by atoms with Gasteiger partial charge in [0, 0.05) is 17.9 Å². The van der Waals surface area contributed by atoms with Crippen LogP contribution in [0.25, 0.3) is 0 Å². The Morgan fingerprint density at radius 2 is 2.18 bits per heavy atom. The zero-order valence-corrected chi connectivity index (χ0v) is 9.59. The first-order valence-electron chi connectivity index (χ1n) is 5.11. The summed E-state index contributed by atoms with van der Waals surface area (Å²) in [6.07, 6.45) is -6.03. The summed E-state index contributed by atoms with van der Waals surface area (Å²) in [5, 5.41) is 13.1. The van der Waals surface area contributed by atoms with Crippen LogP contribution in [-0.2, 0) is 6.42 Å². The van der Waals surface area contributed by atoms with Gasteiger partial charge in [0.1, 0.15) is 0 Å². The average Bonchev–Trinajstić information content (AvgIpc) is 2.81. The molecule has 0 amide bonds. The Morgan fingerprint density at radius 3 is 2.76 bits per heavy atom. The predicted molar refractivity (Wildman–Crippen MR) is 54.7 cm³/mol. The third kappa shape index (κ3) is 3.35. The summed E-state index contributed by atoms with van der Waals surface area (Å²) >= 11 is 1.55. The summed E-state index contributed by atoms with van der Waals surface area (Å²) in [7, 11) is 0. The summed E-state index contributed by atoms with van der Waals surface area (Å²) in [4.78, 5) is 3.89. The number of hydrogen-bond acceptors (Lipinski definition) is 5. The van der Waals surface area contributed by atoms with Crippen molar-refractivity contribution in [2.45, 2.75) is 31.0 Å². The Bertz CT molecular complexity index is 383. The van der Waals surface area contributed by atoms with Crippen LogP contribution in [0.5, 0.6) is 0 Å². The lowest BCUT2D eigenvalue weighted by Crippen LogP contribution is -2.16. The first kappa shape index (κ1) is 12.7. The van der Waals surface area contributed by atoms with Gasteiger partial charge in [0.15, 0.2) is 5.82 Å². The largest absolute Gasteiger partial charge is 0.391 e. The molecule has 4 nitrogen and oxygen atoms in total. The Balaban J connectivity index is 1.96. The van der Waals surface area contributed by atoms with Gasteiger partial charge in [0.05, 0.1) is 18.4 Å². The van der Waals surface area contributed by atoms with Gasteiger partial charge in [-0.25, -0.2) is 0 Å². The van der Waals surface area contributed by atoms with Crippen molar-refractivity contribution in [3.05, 3.63) is 11.7 Å². The van der Waals surface area contributed by atoms with E-state index in [1.54, 1.807) is 11.8 Å². The molecule has 2 unspecified atom stereocenters. The Kier molecular flexibility index (Phi) is 3.62. The molecule has 96 valence electrons. The first-order valence-corrected chi connectivity index (χ1v) is 6.26. The highest BCUT2D eigenvalue weighted by atomic mass is 32.2. The van der Waals surface area contributed by atoms with Crippen molar-refractivity contribution in [3.8, 4) is 0 Å². The van der Waals surface area contributed by atoms with Gasteiger partial charge in [-0.2, -0.15) is 29.9 Å². The molecular formula is C9H11F3N2O2S. The average molecular weight is 268 g/mol. The normalized spacial score (nSPS) is 25.4. The highest BCUT2D eigenvalue weighted by molar-refractivity contribution is 7.99. The number of thioether (sulfide) groups is 1. The van der Waals surface area contributed by atoms with Gasteiger partial charge in [-0.3, -0.25) is 0 Å². The molecule has 0 spiro atoms. The van der Waals surface area contributed by atoms with E-state index >= 15 is 0 Å². The highest BCUT2D eigenvalue weighted by Gasteiger charge is 2.33. The lowest BCUT2D eigenvalue weighted by molar-refractivity contribution is -0.134.